The van der Waals surface area contributed by atoms with E-state index in [9.17, 15) is 4.79 Å². The number of rotatable bonds is 10. The minimum absolute atomic E-state index is 0.174. The number of thioether (sulfide) groups is 1. The van der Waals surface area contributed by atoms with Crippen LogP contribution in [-0.4, -0.2) is 33.0 Å². The van der Waals surface area contributed by atoms with E-state index in [4.69, 9.17) is 21.1 Å². The van der Waals surface area contributed by atoms with Crippen LogP contribution in [0.2, 0.25) is 5.02 Å². The van der Waals surface area contributed by atoms with E-state index in [0.29, 0.717) is 34.7 Å². The zero-order valence-corrected chi connectivity index (χ0v) is 19.6. The predicted molar refractivity (Wildman–Crippen MR) is 126 cm³/mol. The van der Waals surface area contributed by atoms with Gasteiger partial charge in [0.15, 0.2) is 10.9 Å². The molecule has 7 nitrogen and oxygen atoms in total. The van der Waals surface area contributed by atoms with Crippen LogP contribution in [0.25, 0.3) is 0 Å². The van der Waals surface area contributed by atoms with E-state index >= 15 is 0 Å². The lowest BCUT2D eigenvalue weighted by Gasteiger charge is -2.13. The van der Waals surface area contributed by atoms with Crippen molar-refractivity contribution in [2.45, 2.75) is 44.3 Å². The second kappa shape index (κ2) is 10.3. The molecule has 32 heavy (non-hydrogen) atoms. The highest BCUT2D eigenvalue weighted by atomic mass is 35.5. The molecule has 2 aromatic carbocycles. The molecule has 0 bridgehead atoms. The number of amides is 1. The molecule has 168 valence electrons. The Kier molecular flexibility index (Phi) is 7.22. The molecular formula is C23H25ClN4O3S. The summed E-state index contributed by atoms with van der Waals surface area (Å²) < 4.78 is 13.5. The molecule has 0 spiro atoms. The number of carbonyl (C=O) groups is 1. The number of anilines is 1. The number of nitrogens with zero attached hydrogens (tertiary/aromatic N) is 3. The van der Waals surface area contributed by atoms with Gasteiger partial charge in [-0.15, -0.1) is 10.2 Å². The number of hydrogen-bond donors (Lipinski definition) is 1. The lowest BCUT2D eigenvalue weighted by Crippen LogP contribution is -2.15. The van der Waals surface area contributed by atoms with E-state index in [1.165, 1.54) is 11.8 Å². The van der Waals surface area contributed by atoms with Gasteiger partial charge >= 0.3 is 0 Å². The molecule has 0 radical (unpaired) electrons. The first kappa shape index (κ1) is 22.5. The fraction of sp³-hybridized carbons (Fsp3) is 0.348. The van der Waals surface area contributed by atoms with Crippen LogP contribution in [0.3, 0.4) is 0 Å². The van der Waals surface area contributed by atoms with Crippen LogP contribution in [0.1, 0.15) is 38.4 Å². The summed E-state index contributed by atoms with van der Waals surface area (Å²) in [7, 11) is 0. The molecule has 3 aromatic rings. The van der Waals surface area contributed by atoms with Gasteiger partial charge in [0.05, 0.1) is 18.0 Å². The summed E-state index contributed by atoms with van der Waals surface area (Å²) in [5.41, 5.74) is 0.507. The maximum absolute atomic E-state index is 12.7. The van der Waals surface area contributed by atoms with Crippen molar-refractivity contribution in [2.75, 3.05) is 17.7 Å². The quantitative estimate of drug-likeness (QED) is 0.378. The van der Waals surface area contributed by atoms with Crippen molar-refractivity contribution in [3.8, 4) is 17.2 Å². The number of aromatic nitrogens is 3. The SMILES string of the molecule is CCOc1ccc(Oc2ccc(Cl)cc2NC(=O)CSc2nnc(C3CC3)n2CC)cc1. The largest absolute Gasteiger partial charge is 0.494 e. The standard InChI is InChI=1S/C23H25ClN4O3S/c1-3-28-22(15-5-6-15)26-27-23(28)32-14-21(29)25-19-13-16(24)7-12-20(19)31-18-10-8-17(9-11-18)30-4-2/h7-13,15H,3-6,14H2,1-2H3,(H,25,29). The Morgan fingerprint density at radius 2 is 1.91 bits per heavy atom. The first-order valence-corrected chi connectivity index (χ1v) is 12.0. The molecule has 1 amide bonds. The molecule has 1 heterocycles. The molecule has 9 heteroatoms. The third kappa shape index (κ3) is 5.55. The van der Waals surface area contributed by atoms with Gasteiger partial charge in [-0.2, -0.15) is 0 Å². The second-order valence-corrected chi connectivity index (χ2v) is 8.72. The van der Waals surface area contributed by atoms with E-state index in [1.807, 2.05) is 31.2 Å². The van der Waals surface area contributed by atoms with Crippen molar-refractivity contribution in [1.29, 1.82) is 0 Å². The molecule has 0 aliphatic heterocycles. The van der Waals surface area contributed by atoms with Gasteiger partial charge < -0.3 is 19.4 Å². The Bertz CT molecular complexity index is 1080. The molecule has 1 fully saturated rings. The van der Waals surface area contributed by atoms with E-state index < -0.39 is 0 Å². The summed E-state index contributed by atoms with van der Waals surface area (Å²) in [4.78, 5) is 12.7. The Balaban J connectivity index is 1.41. The second-order valence-electron chi connectivity index (χ2n) is 7.34. The molecule has 1 N–H and O–H groups in total. The lowest BCUT2D eigenvalue weighted by atomic mass is 10.2. The molecular weight excluding hydrogens is 448 g/mol. The Labute approximate surface area is 196 Å². The van der Waals surface area contributed by atoms with Gasteiger partial charge in [0.25, 0.3) is 0 Å². The van der Waals surface area contributed by atoms with Gasteiger partial charge in [-0.1, -0.05) is 23.4 Å². The zero-order valence-electron chi connectivity index (χ0n) is 18.0. The van der Waals surface area contributed by atoms with Crippen LogP contribution in [0.5, 0.6) is 17.2 Å². The zero-order chi connectivity index (χ0) is 22.5. The number of hydrogen-bond acceptors (Lipinski definition) is 6. The average Bonchev–Trinajstić information content (AvgIpc) is 3.55. The highest BCUT2D eigenvalue weighted by Gasteiger charge is 2.30. The number of nitrogens with one attached hydrogen (secondary N) is 1. The van der Waals surface area contributed by atoms with E-state index in [1.54, 1.807) is 18.2 Å². The molecule has 4 rings (SSSR count). The molecule has 1 aliphatic carbocycles. The molecule has 1 saturated carbocycles. The van der Waals surface area contributed by atoms with Crippen molar-refractivity contribution >= 4 is 35.0 Å². The Morgan fingerprint density at radius 3 is 2.59 bits per heavy atom. The summed E-state index contributed by atoms with van der Waals surface area (Å²) >= 11 is 7.53. The summed E-state index contributed by atoms with van der Waals surface area (Å²) in [6.45, 7) is 5.39. The fourth-order valence-electron chi connectivity index (χ4n) is 3.25. The van der Waals surface area contributed by atoms with E-state index in [0.717, 1.165) is 36.1 Å². The Morgan fingerprint density at radius 1 is 1.16 bits per heavy atom. The predicted octanol–water partition coefficient (Wildman–Crippen LogP) is 5.75. The van der Waals surface area contributed by atoms with Crippen LogP contribution in [0.4, 0.5) is 5.69 Å². The summed E-state index contributed by atoms with van der Waals surface area (Å²) in [5.74, 6) is 3.47. The van der Waals surface area contributed by atoms with Crippen molar-refractivity contribution in [1.82, 2.24) is 14.8 Å². The minimum atomic E-state index is -0.174. The normalized spacial score (nSPS) is 13.1. The highest BCUT2D eigenvalue weighted by Crippen LogP contribution is 2.40. The minimum Gasteiger partial charge on any atom is -0.494 e. The summed E-state index contributed by atoms with van der Waals surface area (Å²) in [5, 5.41) is 12.8. The maximum Gasteiger partial charge on any atom is 0.234 e. The van der Waals surface area contributed by atoms with E-state index in [2.05, 4.69) is 27.0 Å². The fourth-order valence-corrected chi connectivity index (χ4v) is 4.23. The van der Waals surface area contributed by atoms with Crippen molar-refractivity contribution < 1.29 is 14.3 Å². The van der Waals surface area contributed by atoms with E-state index in [-0.39, 0.29) is 11.7 Å². The number of benzene rings is 2. The first-order valence-electron chi connectivity index (χ1n) is 10.6. The van der Waals surface area contributed by atoms with Crippen LogP contribution in [0, 0.1) is 0 Å². The number of halogens is 1. The number of carbonyl (C=O) groups excluding carboxylic acids is 1. The van der Waals surface area contributed by atoms with Crippen molar-refractivity contribution in [3.05, 3.63) is 53.3 Å². The van der Waals surface area contributed by atoms with Gasteiger partial charge in [-0.05, 0) is 69.2 Å². The molecule has 0 atom stereocenters. The average molecular weight is 473 g/mol. The highest BCUT2D eigenvalue weighted by molar-refractivity contribution is 7.99. The molecule has 0 saturated heterocycles. The molecule has 1 aromatic heterocycles. The van der Waals surface area contributed by atoms with Crippen LogP contribution < -0.4 is 14.8 Å². The lowest BCUT2D eigenvalue weighted by molar-refractivity contribution is -0.113. The van der Waals surface area contributed by atoms with Crippen LogP contribution >= 0.6 is 23.4 Å². The van der Waals surface area contributed by atoms with Crippen molar-refractivity contribution in [3.63, 3.8) is 0 Å². The third-order valence-corrected chi connectivity index (χ3v) is 6.12. The smallest absolute Gasteiger partial charge is 0.234 e. The number of ether oxygens (including phenoxy) is 2. The topological polar surface area (TPSA) is 78.3 Å². The maximum atomic E-state index is 12.7. The summed E-state index contributed by atoms with van der Waals surface area (Å²) in [6.07, 6.45) is 2.32. The van der Waals surface area contributed by atoms with Gasteiger partial charge in [0.2, 0.25) is 5.91 Å². The van der Waals surface area contributed by atoms with Gasteiger partial charge in [0, 0.05) is 17.5 Å². The van der Waals surface area contributed by atoms with Gasteiger partial charge in [0.1, 0.15) is 17.3 Å². The third-order valence-electron chi connectivity index (χ3n) is 4.91. The Hall–Kier alpha value is -2.71. The molecule has 0 unspecified atom stereocenters. The monoisotopic (exact) mass is 472 g/mol. The van der Waals surface area contributed by atoms with Crippen LogP contribution in [0.15, 0.2) is 47.6 Å². The van der Waals surface area contributed by atoms with Gasteiger partial charge in [-0.3, -0.25) is 4.79 Å². The van der Waals surface area contributed by atoms with Gasteiger partial charge in [-0.25, -0.2) is 0 Å². The van der Waals surface area contributed by atoms with Crippen LogP contribution in [-0.2, 0) is 11.3 Å². The first-order chi connectivity index (χ1) is 15.6. The molecule has 1 aliphatic rings. The van der Waals surface area contributed by atoms with Crippen molar-refractivity contribution in [2.24, 2.45) is 0 Å². The summed E-state index contributed by atoms with van der Waals surface area (Å²) in [6, 6.07) is 12.4.